The van der Waals surface area contributed by atoms with E-state index in [2.05, 4.69) is 20.0 Å². The molecule has 0 spiro atoms. The van der Waals surface area contributed by atoms with E-state index in [9.17, 15) is 21.6 Å². The fraction of sp³-hybridized carbons (Fsp3) is 0.667. The van der Waals surface area contributed by atoms with Crippen LogP contribution in [-0.2, 0) is 16.2 Å². The fourth-order valence-electron chi connectivity index (χ4n) is 3.17. The number of alkyl halides is 3. The average Bonchev–Trinajstić information content (AvgIpc) is 3.01. The molecule has 29 heavy (non-hydrogen) atoms. The average molecular weight is 451 g/mol. The highest BCUT2D eigenvalue weighted by atomic mass is 32.2. The summed E-state index contributed by atoms with van der Waals surface area (Å²) in [7, 11) is -3.35. The van der Waals surface area contributed by atoms with Crippen molar-refractivity contribution in [2.24, 2.45) is 5.92 Å². The summed E-state index contributed by atoms with van der Waals surface area (Å²) in [6, 6.07) is 2.44. The third-order valence-electron chi connectivity index (χ3n) is 5.09. The maximum absolute atomic E-state index is 12.8. The van der Waals surface area contributed by atoms with E-state index in [1.54, 1.807) is 20.8 Å². The van der Waals surface area contributed by atoms with Crippen molar-refractivity contribution in [2.75, 3.05) is 11.9 Å². The molecule has 1 fully saturated rings. The highest BCUT2D eigenvalue weighted by Gasteiger charge is 2.33. The summed E-state index contributed by atoms with van der Waals surface area (Å²) in [6.45, 7) is 5.43. The Morgan fingerprint density at radius 1 is 1.10 bits per heavy atom. The minimum Gasteiger partial charge on any atom is -0.359 e. The molecule has 0 bridgehead atoms. The van der Waals surface area contributed by atoms with Gasteiger partial charge in [0, 0.05) is 12.6 Å². The quantitative estimate of drug-likeness (QED) is 0.706. The minimum absolute atomic E-state index is 0.160. The van der Waals surface area contributed by atoms with E-state index in [1.165, 1.54) is 6.07 Å². The molecule has 162 valence electrons. The molecule has 0 unspecified atom stereocenters. The van der Waals surface area contributed by atoms with Crippen LogP contribution in [-0.4, -0.2) is 35.7 Å². The van der Waals surface area contributed by atoms with Crippen LogP contribution in [0.5, 0.6) is 0 Å². The van der Waals surface area contributed by atoms with E-state index in [0.29, 0.717) is 17.2 Å². The third-order valence-corrected chi connectivity index (χ3v) is 8.14. The Balaban J connectivity index is 1.54. The van der Waals surface area contributed by atoms with E-state index >= 15 is 0 Å². The maximum atomic E-state index is 12.8. The molecule has 0 aliphatic heterocycles. The summed E-state index contributed by atoms with van der Waals surface area (Å²) in [5, 5.41) is 3.85. The molecule has 0 radical (unpaired) electrons. The number of rotatable bonds is 5. The smallest absolute Gasteiger partial charge is 0.359 e. The van der Waals surface area contributed by atoms with Gasteiger partial charge < -0.3 is 5.32 Å². The lowest BCUT2D eigenvalue weighted by Crippen LogP contribution is -2.42. The van der Waals surface area contributed by atoms with Crippen molar-refractivity contribution >= 4 is 36.8 Å². The fourth-order valence-corrected chi connectivity index (χ4v) is 4.97. The van der Waals surface area contributed by atoms with E-state index in [4.69, 9.17) is 0 Å². The summed E-state index contributed by atoms with van der Waals surface area (Å²) in [4.78, 5) is 8.25. The lowest BCUT2D eigenvalue weighted by Gasteiger charge is -2.30. The van der Waals surface area contributed by atoms with Gasteiger partial charge in [-0.1, -0.05) is 11.3 Å². The second-order valence-corrected chi connectivity index (χ2v) is 11.9. The molecule has 1 saturated carbocycles. The van der Waals surface area contributed by atoms with Gasteiger partial charge in [-0.3, -0.25) is 0 Å². The van der Waals surface area contributed by atoms with Gasteiger partial charge in [-0.2, -0.15) is 13.2 Å². The van der Waals surface area contributed by atoms with Crippen LogP contribution in [0.2, 0.25) is 0 Å². The molecular weight excluding hydrogens is 425 g/mol. The lowest BCUT2D eigenvalue weighted by atomic mass is 9.86. The van der Waals surface area contributed by atoms with E-state index in [0.717, 1.165) is 43.1 Å². The van der Waals surface area contributed by atoms with E-state index < -0.39 is 26.6 Å². The molecule has 11 heteroatoms. The first kappa shape index (κ1) is 22.2. The third kappa shape index (κ3) is 5.37. The zero-order valence-electron chi connectivity index (χ0n) is 16.5. The second kappa shape index (κ2) is 7.99. The van der Waals surface area contributed by atoms with Crippen LogP contribution in [0, 0.1) is 5.92 Å². The van der Waals surface area contributed by atoms with Gasteiger partial charge in [0.15, 0.2) is 5.13 Å². The number of halogens is 3. The van der Waals surface area contributed by atoms with Crippen LogP contribution in [0.3, 0.4) is 0 Å². The van der Waals surface area contributed by atoms with Gasteiger partial charge in [0.05, 0.1) is 4.75 Å². The van der Waals surface area contributed by atoms with Gasteiger partial charge in [0.25, 0.3) is 0 Å². The van der Waals surface area contributed by atoms with E-state index in [-0.39, 0.29) is 16.8 Å². The van der Waals surface area contributed by atoms with Crippen molar-refractivity contribution in [3.8, 4) is 0 Å². The first-order valence-corrected chi connectivity index (χ1v) is 11.8. The summed E-state index contributed by atoms with van der Waals surface area (Å²) < 4.78 is 64.6. The Morgan fingerprint density at radius 2 is 1.76 bits per heavy atom. The molecule has 0 atom stereocenters. The number of pyridine rings is 1. The number of hydrogen-bond acceptors (Lipinski definition) is 6. The van der Waals surface area contributed by atoms with Crippen molar-refractivity contribution < 1.29 is 21.6 Å². The van der Waals surface area contributed by atoms with Crippen molar-refractivity contribution in [1.29, 1.82) is 0 Å². The number of sulfonamides is 1. The summed E-state index contributed by atoms with van der Waals surface area (Å²) >= 11 is 1.11. The number of nitrogens with one attached hydrogen (secondary N) is 2. The molecule has 1 aliphatic rings. The predicted molar refractivity (Wildman–Crippen MR) is 108 cm³/mol. The highest BCUT2D eigenvalue weighted by molar-refractivity contribution is 7.90. The second-order valence-electron chi connectivity index (χ2n) is 8.36. The van der Waals surface area contributed by atoms with Crippen molar-refractivity contribution in [2.45, 2.75) is 63.4 Å². The molecule has 2 aromatic heterocycles. The monoisotopic (exact) mass is 450 g/mol. The van der Waals surface area contributed by atoms with E-state index in [1.807, 2.05) is 0 Å². The number of hydrogen-bond donors (Lipinski definition) is 2. The summed E-state index contributed by atoms with van der Waals surface area (Å²) in [5.74, 6) is 0.275. The van der Waals surface area contributed by atoms with Gasteiger partial charge in [0.2, 0.25) is 10.0 Å². The lowest BCUT2D eigenvalue weighted by molar-refractivity contribution is -0.140. The van der Waals surface area contributed by atoms with Crippen LogP contribution in [0.4, 0.5) is 18.3 Å². The van der Waals surface area contributed by atoms with Gasteiger partial charge in [-0.15, -0.1) is 0 Å². The molecule has 0 saturated heterocycles. The molecule has 2 aromatic rings. The molecule has 1 aliphatic carbocycles. The number of nitrogens with zero attached hydrogens (tertiary/aromatic N) is 2. The first-order chi connectivity index (χ1) is 13.3. The van der Waals surface area contributed by atoms with Crippen LogP contribution < -0.4 is 10.0 Å². The highest BCUT2D eigenvalue weighted by Crippen LogP contribution is 2.33. The molecular formula is C18H25F3N4O2S2. The van der Waals surface area contributed by atoms with Gasteiger partial charge in [-0.05, 0) is 64.5 Å². The number of anilines is 1. The summed E-state index contributed by atoms with van der Waals surface area (Å²) in [6.07, 6.45) is -1.05. The molecule has 3 rings (SSSR count). The topological polar surface area (TPSA) is 84.0 Å². The number of thiazole rings is 1. The van der Waals surface area contributed by atoms with Crippen LogP contribution in [0.25, 0.3) is 10.3 Å². The van der Waals surface area contributed by atoms with Crippen molar-refractivity contribution in [1.82, 2.24) is 14.7 Å². The van der Waals surface area contributed by atoms with Crippen LogP contribution >= 0.6 is 11.3 Å². The molecule has 0 amide bonds. The predicted octanol–water partition coefficient (Wildman–Crippen LogP) is 4.40. The zero-order valence-corrected chi connectivity index (χ0v) is 18.1. The van der Waals surface area contributed by atoms with Crippen LogP contribution in [0.1, 0.15) is 52.1 Å². The number of aromatic nitrogens is 2. The first-order valence-electron chi connectivity index (χ1n) is 9.46. The zero-order chi connectivity index (χ0) is 21.4. The Labute approximate surface area is 172 Å². The van der Waals surface area contributed by atoms with Crippen molar-refractivity contribution in [3.05, 3.63) is 17.8 Å². The van der Waals surface area contributed by atoms with Gasteiger partial charge in [-0.25, -0.2) is 23.1 Å². The minimum atomic E-state index is -4.47. The van der Waals surface area contributed by atoms with Gasteiger partial charge >= 0.3 is 6.18 Å². The molecule has 2 heterocycles. The summed E-state index contributed by atoms with van der Waals surface area (Å²) in [5.41, 5.74) is -0.478. The van der Waals surface area contributed by atoms with Crippen molar-refractivity contribution in [3.63, 3.8) is 0 Å². The maximum Gasteiger partial charge on any atom is 0.433 e. The molecule has 6 nitrogen and oxygen atoms in total. The Kier molecular flexibility index (Phi) is 6.13. The SMILES string of the molecule is CC(C)(C)S(=O)(=O)NCC1CCC(Nc2nc3ccc(C(F)(F)F)nc3s2)CC1. The Bertz CT molecular complexity index is 960. The molecule has 0 aromatic carbocycles. The van der Waals surface area contributed by atoms with Crippen LogP contribution in [0.15, 0.2) is 12.1 Å². The number of fused-ring (bicyclic) bond motifs is 1. The largest absolute Gasteiger partial charge is 0.433 e. The van der Waals surface area contributed by atoms with Gasteiger partial charge in [0.1, 0.15) is 16.0 Å². The standard InChI is InChI=1S/C18H25F3N4O2S2/c1-17(2,3)29(26,27)22-10-11-4-6-12(7-5-11)23-16-24-13-8-9-14(18(19,20)21)25-15(13)28-16/h8-9,11-12,22H,4-7,10H2,1-3H3,(H,23,24). The Morgan fingerprint density at radius 3 is 2.34 bits per heavy atom. The Hall–Kier alpha value is -1.46. The molecule has 2 N–H and O–H groups in total. The normalized spacial score (nSPS) is 21.4.